The number of amides is 4. The number of nitrogens with one attached hydrogen (secondary N) is 3. The van der Waals surface area contributed by atoms with Gasteiger partial charge in [0.25, 0.3) is 0 Å². The Labute approximate surface area is 319 Å². The van der Waals surface area contributed by atoms with Crippen molar-refractivity contribution in [1.29, 1.82) is 0 Å². The Morgan fingerprint density at radius 3 is 2.44 bits per heavy atom. The van der Waals surface area contributed by atoms with Crippen molar-refractivity contribution in [3.8, 4) is 5.75 Å². The molecule has 4 amide bonds. The van der Waals surface area contributed by atoms with Gasteiger partial charge in [-0.1, -0.05) is 73.7 Å². The number of carboxylic acids is 1. The van der Waals surface area contributed by atoms with Crippen molar-refractivity contribution in [3.63, 3.8) is 0 Å². The van der Waals surface area contributed by atoms with Gasteiger partial charge in [-0.25, -0.2) is 9.48 Å². The lowest BCUT2D eigenvalue weighted by molar-refractivity contribution is -0.150. The van der Waals surface area contributed by atoms with Crippen molar-refractivity contribution < 1.29 is 33.8 Å². The van der Waals surface area contributed by atoms with Gasteiger partial charge in [-0.15, -0.1) is 5.10 Å². The molecule has 0 saturated carbocycles. The first kappa shape index (κ1) is 38.9. The topological polar surface area (TPSA) is 188 Å². The number of aromatic nitrogens is 3. The van der Waals surface area contributed by atoms with Crippen LogP contribution in [0.3, 0.4) is 0 Å². The van der Waals surface area contributed by atoms with Crippen LogP contribution < -0.4 is 20.7 Å². The van der Waals surface area contributed by atoms with Crippen LogP contribution in [0.2, 0.25) is 0 Å². The fourth-order valence-corrected chi connectivity index (χ4v) is 7.12. The Hall–Kier alpha value is -5.83. The van der Waals surface area contributed by atoms with E-state index in [1.807, 2.05) is 56.3 Å². The molecule has 290 valence electrons. The van der Waals surface area contributed by atoms with Gasteiger partial charge in [0.1, 0.15) is 42.2 Å². The number of carbonyl (C=O) groups is 5. The van der Waals surface area contributed by atoms with Crippen molar-refractivity contribution in [1.82, 2.24) is 40.7 Å². The van der Waals surface area contributed by atoms with Gasteiger partial charge in [-0.3, -0.25) is 19.2 Å². The van der Waals surface area contributed by atoms with Crippen molar-refractivity contribution in [3.05, 3.63) is 89.7 Å². The number of hydrogen-bond acceptors (Lipinski definition) is 9. The summed E-state index contributed by atoms with van der Waals surface area (Å²) in [6.45, 7) is 5.48. The number of rotatable bonds is 8. The maximum atomic E-state index is 14.6. The highest BCUT2D eigenvalue weighted by Crippen LogP contribution is 2.30. The van der Waals surface area contributed by atoms with E-state index in [1.54, 1.807) is 49.1 Å². The van der Waals surface area contributed by atoms with E-state index in [-0.39, 0.29) is 44.2 Å². The molecule has 0 spiro atoms. The van der Waals surface area contributed by atoms with E-state index >= 15 is 0 Å². The summed E-state index contributed by atoms with van der Waals surface area (Å²) in [7, 11) is 3.07. The largest absolute Gasteiger partial charge is 0.487 e. The summed E-state index contributed by atoms with van der Waals surface area (Å²) in [5.74, 6) is -3.02. The highest BCUT2D eigenvalue weighted by molar-refractivity contribution is 5.96. The maximum Gasteiger partial charge on any atom is 0.326 e. The molecule has 4 N–H and O–H groups in total. The molecule has 1 saturated heterocycles. The van der Waals surface area contributed by atoms with Gasteiger partial charge in [0.05, 0.1) is 18.3 Å². The van der Waals surface area contributed by atoms with E-state index in [4.69, 9.17) is 4.74 Å². The van der Waals surface area contributed by atoms with Crippen LogP contribution in [-0.2, 0) is 43.4 Å². The number of fused-ring (bicyclic) bond motifs is 10. The van der Waals surface area contributed by atoms with Gasteiger partial charge in [-0.2, -0.15) is 0 Å². The molecule has 55 heavy (non-hydrogen) atoms. The lowest BCUT2D eigenvalue weighted by Crippen LogP contribution is -2.59. The van der Waals surface area contributed by atoms with E-state index in [2.05, 4.69) is 26.3 Å². The summed E-state index contributed by atoms with van der Waals surface area (Å²) in [5, 5.41) is 29.6. The molecule has 1 fully saturated rings. The highest BCUT2D eigenvalue weighted by atomic mass is 16.5. The summed E-state index contributed by atoms with van der Waals surface area (Å²) >= 11 is 0. The zero-order valence-corrected chi connectivity index (χ0v) is 31.6. The molecule has 6 bridgehead atoms. The summed E-state index contributed by atoms with van der Waals surface area (Å²) in [5.41, 5.74) is 1.94. The lowest BCUT2D eigenvalue weighted by atomic mass is 9.98. The minimum atomic E-state index is -1.25. The second-order valence-corrected chi connectivity index (χ2v) is 14.7. The van der Waals surface area contributed by atoms with Crippen LogP contribution in [0, 0.1) is 5.92 Å². The predicted octanol–water partition coefficient (Wildman–Crippen LogP) is 2.10. The molecule has 0 radical (unpaired) electrons. The molecule has 6 unspecified atom stereocenters. The molecule has 1 aromatic heterocycles. The molecule has 6 atom stereocenters. The first-order valence-electron chi connectivity index (χ1n) is 18.5. The Morgan fingerprint density at radius 1 is 1.02 bits per heavy atom. The Balaban J connectivity index is 1.39. The first-order valence-corrected chi connectivity index (χ1v) is 18.5. The van der Waals surface area contributed by atoms with Crippen LogP contribution in [0.4, 0.5) is 0 Å². The van der Waals surface area contributed by atoms with Gasteiger partial charge >= 0.3 is 5.97 Å². The minimum Gasteiger partial charge on any atom is -0.487 e. The molecule has 4 aromatic rings. The third-order valence-corrected chi connectivity index (χ3v) is 10.6. The van der Waals surface area contributed by atoms with Crippen molar-refractivity contribution in [2.75, 3.05) is 20.6 Å². The quantitative estimate of drug-likeness (QED) is 0.208. The number of benzene rings is 3. The summed E-state index contributed by atoms with van der Waals surface area (Å²) in [4.78, 5) is 71.7. The molecule has 0 aliphatic carbocycles. The van der Waals surface area contributed by atoms with Crippen LogP contribution in [0.15, 0.2) is 72.9 Å². The van der Waals surface area contributed by atoms with Crippen molar-refractivity contribution in [2.45, 2.75) is 82.9 Å². The van der Waals surface area contributed by atoms with Crippen molar-refractivity contribution in [2.24, 2.45) is 5.92 Å². The summed E-state index contributed by atoms with van der Waals surface area (Å²) in [6, 6.07) is 15.0. The Bertz CT molecular complexity index is 2050. The standard InChI is InChI=1S/C40H48N8O7/c1-23(2)35(43-36(49)24(3)41-4)39(52)47-21-30-19-33(47)37(50)42-32(17-26-10-13-27-8-6-7-9-28(27)16-26)38(51)46(5)34(40(53)54)18-25-11-14-31(15-12-25)55-22-29-20-48(30)45-44-29/h6-16,20,23-24,30,32-35,41H,17-19,21-22H2,1-5H3,(H,42,50)(H,43,49)(H,53,54). The Morgan fingerprint density at radius 2 is 1.75 bits per heavy atom. The van der Waals surface area contributed by atoms with Gasteiger partial charge < -0.3 is 35.6 Å². The fraction of sp³-hybridized carbons (Fsp3) is 0.425. The Kier molecular flexibility index (Phi) is 11.8. The second kappa shape index (κ2) is 16.7. The highest BCUT2D eigenvalue weighted by Gasteiger charge is 2.45. The molecule has 4 heterocycles. The zero-order valence-electron chi connectivity index (χ0n) is 31.6. The third-order valence-electron chi connectivity index (χ3n) is 10.6. The SMILES string of the molecule is CNC(C)C(=O)NC(C(=O)N1CC2CC1C(=O)NC(Cc1ccc3ccccc3c1)C(=O)N(C)C(C(=O)O)Cc1ccc(cc1)OCc1cn2nn1)C(C)C. The van der Waals surface area contributed by atoms with E-state index in [0.29, 0.717) is 17.0 Å². The molecule has 7 rings (SSSR count). The monoisotopic (exact) mass is 752 g/mol. The van der Waals surface area contributed by atoms with Crippen LogP contribution in [0.5, 0.6) is 5.75 Å². The number of likely N-dealkylation sites (N-methyl/N-ethyl adjacent to an activating group) is 2. The van der Waals surface area contributed by atoms with Gasteiger partial charge in [0.2, 0.25) is 23.6 Å². The lowest BCUT2D eigenvalue weighted by Gasteiger charge is -2.33. The van der Waals surface area contributed by atoms with Gasteiger partial charge in [0.15, 0.2) is 0 Å². The predicted molar refractivity (Wildman–Crippen MR) is 203 cm³/mol. The average molecular weight is 753 g/mol. The van der Waals surface area contributed by atoms with Crippen LogP contribution in [-0.4, -0.2) is 110 Å². The van der Waals surface area contributed by atoms with E-state index in [0.717, 1.165) is 21.2 Å². The molecule has 3 aromatic carbocycles. The number of likely N-dealkylation sites (tertiary alicyclic amines) is 1. The van der Waals surface area contributed by atoms with Gasteiger partial charge in [0, 0.05) is 32.9 Å². The first-order chi connectivity index (χ1) is 26.3. The van der Waals surface area contributed by atoms with Gasteiger partial charge in [-0.05, 0) is 53.9 Å². The maximum absolute atomic E-state index is 14.6. The average Bonchev–Trinajstić information content (AvgIpc) is 3.85. The molecular formula is C40H48N8O7. The van der Waals surface area contributed by atoms with Crippen LogP contribution >= 0.6 is 0 Å². The minimum absolute atomic E-state index is 0.00385. The molecule has 3 aliphatic heterocycles. The molecule has 3 aliphatic rings. The van der Waals surface area contributed by atoms with E-state index in [1.165, 1.54) is 11.9 Å². The summed E-state index contributed by atoms with van der Waals surface area (Å²) in [6.07, 6.45) is 1.91. The molecular weight excluding hydrogens is 704 g/mol. The van der Waals surface area contributed by atoms with E-state index < -0.39 is 59.9 Å². The third kappa shape index (κ3) is 8.78. The number of ether oxygens (including phenoxy) is 1. The number of aliphatic carboxylic acids is 1. The smallest absolute Gasteiger partial charge is 0.326 e. The fourth-order valence-electron chi connectivity index (χ4n) is 7.12. The van der Waals surface area contributed by atoms with Crippen LogP contribution in [0.25, 0.3) is 10.8 Å². The second-order valence-electron chi connectivity index (χ2n) is 14.7. The normalized spacial score (nSPS) is 21.6. The molecule has 15 heteroatoms. The number of hydrogen-bond donors (Lipinski definition) is 4. The molecule has 15 nitrogen and oxygen atoms in total. The number of nitrogens with zero attached hydrogens (tertiary/aromatic N) is 5. The van der Waals surface area contributed by atoms with Crippen LogP contribution in [0.1, 0.15) is 50.1 Å². The zero-order chi connectivity index (χ0) is 39.4. The summed E-state index contributed by atoms with van der Waals surface area (Å²) < 4.78 is 7.55. The van der Waals surface area contributed by atoms with E-state index in [9.17, 15) is 29.1 Å². The number of carbonyl (C=O) groups excluding carboxylic acids is 4. The number of carboxylic acid groups (broad SMARTS) is 1. The van der Waals surface area contributed by atoms with Crippen molar-refractivity contribution >= 4 is 40.4 Å².